The van der Waals surface area contributed by atoms with Crippen LogP contribution in [-0.2, 0) is 14.8 Å². The molecule has 19 heavy (non-hydrogen) atoms. The van der Waals surface area contributed by atoms with Crippen LogP contribution in [0, 0.1) is 0 Å². The third-order valence-corrected chi connectivity index (χ3v) is 4.22. The summed E-state index contributed by atoms with van der Waals surface area (Å²) in [6.45, 7) is 2.49. The Balaban J connectivity index is 2.60. The number of sulfonamides is 1. The molecule has 0 aliphatic rings. The van der Waals surface area contributed by atoms with Crippen molar-refractivity contribution in [1.29, 1.82) is 0 Å². The fraction of sp³-hybridized carbons (Fsp3) is 0.462. The summed E-state index contributed by atoms with van der Waals surface area (Å²) >= 11 is 0. The lowest BCUT2D eigenvalue weighted by Crippen LogP contribution is -2.37. The lowest BCUT2D eigenvalue weighted by molar-refractivity contribution is -0.127. The van der Waals surface area contributed by atoms with E-state index in [-0.39, 0.29) is 5.92 Å². The van der Waals surface area contributed by atoms with Gasteiger partial charge in [-0.1, -0.05) is 37.3 Å². The Labute approximate surface area is 114 Å². The van der Waals surface area contributed by atoms with E-state index in [2.05, 4.69) is 4.72 Å². The van der Waals surface area contributed by atoms with Crippen molar-refractivity contribution in [2.45, 2.75) is 12.8 Å². The first-order valence-electron chi connectivity index (χ1n) is 6.06. The van der Waals surface area contributed by atoms with Crippen molar-refractivity contribution >= 4 is 15.9 Å². The van der Waals surface area contributed by atoms with Crippen LogP contribution >= 0.6 is 0 Å². The van der Waals surface area contributed by atoms with Crippen LogP contribution in [-0.4, -0.2) is 45.6 Å². The molecule has 1 unspecified atom stereocenters. The van der Waals surface area contributed by atoms with E-state index in [1.54, 1.807) is 7.05 Å². The number of likely N-dealkylation sites (N-methyl/N-ethyl adjacent to an activating group) is 1. The molecular formula is C13H20N2O3S. The highest BCUT2D eigenvalue weighted by molar-refractivity contribution is 7.90. The second-order valence-electron chi connectivity index (χ2n) is 4.55. The van der Waals surface area contributed by atoms with Crippen LogP contribution < -0.4 is 4.72 Å². The SMILES string of the molecule is CNS(=O)(=O)CC(=O)N(C)CC(C)c1ccccc1. The van der Waals surface area contributed by atoms with Gasteiger partial charge in [0.15, 0.2) is 0 Å². The summed E-state index contributed by atoms with van der Waals surface area (Å²) in [5, 5.41) is 0. The smallest absolute Gasteiger partial charge is 0.238 e. The Morgan fingerprint density at radius 1 is 1.32 bits per heavy atom. The van der Waals surface area contributed by atoms with Gasteiger partial charge < -0.3 is 4.90 Å². The molecule has 1 rings (SSSR count). The summed E-state index contributed by atoms with van der Waals surface area (Å²) < 4.78 is 24.8. The highest BCUT2D eigenvalue weighted by atomic mass is 32.2. The van der Waals surface area contributed by atoms with Crippen LogP contribution in [0.25, 0.3) is 0 Å². The first kappa shape index (κ1) is 15.7. The number of benzene rings is 1. The van der Waals surface area contributed by atoms with Crippen molar-refractivity contribution < 1.29 is 13.2 Å². The minimum absolute atomic E-state index is 0.160. The molecule has 5 nitrogen and oxygen atoms in total. The molecule has 0 aliphatic heterocycles. The minimum atomic E-state index is -3.51. The summed E-state index contributed by atoms with van der Waals surface area (Å²) in [6.07, 6.45) is 0. The maximum absolute atomic E-state index is 11.8. The van der Waals surface area contributed by atoms with E-state index >= 15 is 0 Å². The monoisotopic (exact) mass is 284 g/mol. The van der Waals surface area contributed by atoms with Gasteiger partial charge in [0, 0.05) is 13.6 Å². The number of amides is 1. The summed E-state index contributed by atoms with van der Waals surface area (Å²) in [5.41, 5.74) is 1.12. The van der Waals surface area contributed by atoms with Crippen LogP contribution in [0.2, 0.25) is 0 Å². The van der Waals surface area contributed by atoms with Crippen LogP contribution in [0.1, 0.15) is 18.4 Å². The van der Waals surface area contributed by atoms with Gasteiger partial charge in [-0.15, -0.1) is 0 Å². The maximum Gasteiger partial charge on any atom is 0.238 e. The topological polar surface area (TPSA) is 66.5 Å². The van der Waals surface area contributed by atoms with Crippen molar-refractivity contribution in [2.24, 2.45) is 0 Å². The molecular weight excluding hydrogens is 264 g/mol. The van der Waals surface area contributed by atoms with E-state index < -0.39 is 21.7 Å². The van der Waals surface area contributed by atoms with Crippen molar-refractivity contribution in [1.82, 2.24) is 9.62 Å². The molecule has 1 aromatic carbocycles. The van der Waals surface area contributed by atoms with E-state index in [4.69, 9.17) is 0 Å². The van der Waals surface area contributed by atoms with Gasteiger partial charge in [0.2, 0.25) is 15.9 Å². The van der Waals surface area contributed by atoms with E-state index in [1.807, 2.05) is 37.3 Å². The molecule has 6 heteroatoms. The van der Waals surface area contributed by atoms with E-state index in [1.165, 1.54) is 11.9 Å². The molecule has 1 amide bonds. The second kappa shape index (κ2) is 6.68. The van der Waals surface area contributed by atoms with Gasteiger partial charge in [-0.3, -0.25) is 4.79 Å². The number of nitrogens with zero attached hydrogens (tertiary/aromatic N) is 1. The molecule has 0 radical (unpaired) electrons. The Morgan fingerprint density at radius 3 is 2.42 bits per heavy atom. The lowest BCUT2D eigenvalue weighted by Gasteiger charge is -2.21. The van der Waals surface area contributed by atoms with Crippen molar-refractivity contribution in [3.8, 4) is 0 Å². The number of carbonyl (C=O) groups excluding carboxylic acids is 1. The van der Waals surface area contributed by atoms with E-state index in [0.29, 0.717) is 6.54 Å². The third-order valence-electron chi connectivity index (χ3n) is 2.97. The van der Waals surface area contributed by atoms with Gasteiger partial charge in [0.05, 0.1) is 0 Å². The highest BCUT2D eigenvalue weighted by Crippen LogP contribution is 2.15. The molecule has 1 N–H and O–H groups in total. The molecule has 1 aromatic rings. The second-order valence-corrected chi connectivity index (χ2v) is 6.48. The van der Waals surface area contributed by atoms with Crippen LogP contribution in [0.5, 0.6) is 0 Å². The molecule has 0 bridgehead atoms. The summed E-state index contributed by atoms with van der Waals surface area (Å²) in [5.74, 6) is -0.758. The fourth-order valence-corrected chi connectivity index (χ4v) is 2.43. The first-order valence-corrected chi connectivity index (χ1v) is 7.71. The molecule has 106 valence electrons. The molecule has 0 saturated carbocycles. The largest absolute Gasteiger partial charge is 0.344 e. The minimum Gasteiger partial charge on any atom is -0.344 e. The standard InChI is InChI=1S/C13H20N2O3S/c1-11(12-7-5-4-6-8-12)9-15(3)13(16)10-19(17,18)14-2/h4-8,11,14H,9-10H2,1-3H3. The molecule has 0 saturated heterocycles. The number of carbonyl (C=O) groups is 1. The van der Waals surface area contributed by atoms with E-state index in [0.717, 1.165) is 5.56 Å². The van der Waals surface area contributed by atoms with Crippen molar-refractivity contribution in [3.63, 3.8) is 0 Å². The van der Waals surface area contributed by atoms with Gasteiger partial charge in [-0.25, -0.2) is 13.1 Å². The zero-order chi connectivity index (χ0) is 14.5. The lowest BCUT2D eigenvalue weighted by atomic mass is 10.0. The summed E-state index contributed by atoms with van der Waals surface area (Å²) in [4.78, 5) is 13.2. The van der Waals surface area contributed by atoms with Gasteiger partial charge in [-0.2, -0.15) is 0 Å². The predicted octanol–water partition coefficient (Wildman–Crippen LogP) is 0.798. The van der Waals surface area contributed by atoms with Gasteiger partial charge in [-0.05, 0) is 18.5 Å². The number of nitrogens with one attached hydrogen (secondary N) is 1. The fourth-order valence-electron chi connectivity index (χ4n) is 1.74. The van der Waals surface area contributed by atoms with Crippen LogP contribution in [0.15, 0.2) is 30.3 Å². The van der Waals surface area contributed by atoms with Gasteiger partial charge in [0.1, 0.15) is 5.75 Å². The van der Waals surface area contributed by atoms with Crippen molar-refractivity contribution in [3.05, 3.63) is 35.9 Å². The molecule has 0 aliphatic carbocycles. The highest BCUT2D eigenvalue weighted by Gasteiger charge is 2.19. The maximum atomic E-state index is 11.8. The normalized spacial score (nSPS) is 13.0. The average molecular weight is 284 g/mol. The van der Waals surface area contributed by atoms with E-state index in [9.17, 15) is 13.2 Å². The number of rotatable bonds is 6. The third kappa shape index (κ3) is 5.00. The quantitative estimate of drug-likeness (QED) is 0.840. The zero-order valence-electron chi connectivity index (χ0n) is 11.5. The van der Waals surface area contributed by atoms with Crippen molar-refractivity contribution in [2.75, 3.05) is 26.4 Å². The molecule has 0 fully saturated rings. The number of hydrogen-bond donors (Lipinski definition) is 1. The molecule has 1 atom stereocenters. The summed E-state index contributed by atoms with van der Waals surface area (Å²) in [6, 6.07) is 9.81. The Bertz CT molecular complexity index is 514. The van der Waals surface area contributed by atoms with Crippen LogP contribution in [0.3, 0.4) is 0 Å². The van der Waals surface area contributed by atoms with Gasteiger partial charge in [0.25, 0.3) is 0 Å². The Hall–Kier alpha value is -1.40. The number of hydrogen-bond acceptors (Lipinski definition) is 3. The molecule has 0 aromatic heterocycles. The first-order chi connectivity index (χ1) is 8.85. The zero-order valence-corrected chi connectivity index (χ0v) is 12.3. The Morgan fingerprint density at radius 2 is 1.89 bits per heavy atom. The van der Waals surface area contributed by atoms with Crippen LogP contribution in [0.4, 0.5) is 0 Å². The molecule has 0 heterocycles. The van der Waals surface area contributed by atoms with Gasteiger partial charge >= 0.3 is 0 Å². The molecule has 0 spiro atoms. The predicted molar refractivity (Wildman–Crippen MR) is 75.3 cm³/mol. The Kier molecular flexibility index (Phi) is 5.50. The summed E-state index contributed by atoms with van der Waals surface area (Å²) in [7, 11) is -0.587. The average Bonchev–Trinajstić information content (AvgIpc) is 2.39.